The minimum Gasteiger partial charge on any atom is -0.497 e. The highest BCUT2D eigenvalue weighted by atomic mass is 19.3. The van der Waals surface area contributed by atoms with Gasteiger partial charge in [-0.15, -0.1) is 0 Å². The van der Waals surface area contributed by atoms with Gasteiger partial charge in [0.1, 0.15) is 11.8 Å². The molecule has 0 radical (unpaired) electrons. The van der Waals surface area contributed by atoms with Gasteiger partial charge in [-0.05, 0) is 24.3 Å². The summed E-state index contributed by atoms with van der Waals surface area (Å²) >= 11 is 0. The zero-order chi connectivity index (χ0) is 11.7. The van der Waals surface area contributed by atoms with Crippen LogP contribution in [0.2, 0.25) is 0 Å². The molecule has 1 aliphatic rings. The second kappa shape index (κ2) is 4.08. The van der Waals surface area contributed by atoms with Crippen molar-refractivity contribution >= 4 is 11.6 Å². The predicted molar refractivity (Wildman–Crippen MR) is 54.9 cm³/mol. The minimum atomic E-state index is -2.50. The fourth-order valence-electron chi connectivity index (χ4n) is 1.72. The SMILES string of the molecule is COc1ccc(N2C(=O)CC2C(F)F)cc1. The number of ether oxygens (including phenoxy) is 1. The number of anilines is 1. The van der Waals surface area contributed by atoms with E-state index in [1.54, 1.807) is 24.3 Å². The summed E-state index contributed by atoms with van der Waals surface area (Å²) < 4.78 is 30.0. The van der Waals surface area contributed by atoms with Gasteiger partial charge in [-0.25, -0.2) is 8.78 Å². The summed E-state index contributed by atoms with van der Waals surface area (Å²) in [5, 5.41) is 0. The Morgan fingerprint density at radius 1 is 1.38 bits per heavy atom. The zero-order valence-electron chi connectivity index (χ0n) is 8.69. The highest BCUT2D eigenvalue weighted by molar-refractivity contribution is 6.01. The smallest absolute Gasteiger partial charge is 0.259 e. The molecule has 0 N–H and O–H groups in total. The monoisotopic (exact) mass is 227 g/mol. The Kier molecular flexibility index (Phi) is 2.77. The van der Waals surface area contributed by atoms with Gasteiger partial charge in [-0.2, -0.15) is 0 Å². The van der Waals surface area contributed by atoms with Gasteiger partial charge in [0.05, 0.1) is 13.5 Å². The molecule has 0 saturated carbocycles. The quantitative estimate of drug-likeness (QED) is 0.740. The van der Waals surface area contributed by atoms with E-state index in [9.17, 15) is 13.6 Å². The Morgan fingerprint density at radius 2 is 2.00 bits per heavy atom. The van der Waals surface area contributed by atoms with Crippen molar-refractivity contribution in [2.24, 2.45) is 0 Å². The average Bonchev–Trinajstić information content (AvgIpc) is 2.26. The summed E-state index contributed by atoms with van der Waals surface area (Å²) in [6.45, 7) is 0. The minimum absolute atomic E-state index is 0.0797. The fourth-order valence-corrected chi connectivity index (χ4v) is 1.72. The highest BCUT2D eigenvalue weighted by Gasteiger charge is 2.43. The molecule has 1 unspecified atom stereocenters. The summed E-state index contributed by atoms with van der Waals surface area (Å²) in [7, 11) is 1.52. The van der Waals surface area contributed by atoms with Crippen molar-refractivity contribution in [1.82, 2.24) is 0 Å². The van der Waals surface area contributed by atoms with Crippen molar-refractivity contribution in [3.63, 3.8) is 0 Å². The lowest BCUT2D eigenvalue weighted by atomic mass is 10.0. The van der Waals surface area contributed by atoms with Crippen LogP contribution in [-0.4, -0.2) is 25.5 Å². The maximum Gasteiger partial charge on any atom is 0.259 e. The number of benzene rings is 1. The van der Waals surface area contributed by atoms with E-state index < -0.39 is 12.5 Å². The summed E-state index contributed by atoms with van der Waals surface area (Å²) in [6, 6.07) is 5.50. The predicted octanol–water partition coefficient (Wildman–Crippen LogP) is 2.07. The van der Waals surface area contributed by atoms with Crippen molar-refractivity contribution in [3.05, 3.63) is 24.3 Å². The second-order valence-electron chi connectivity index (χ2n) is 3.57. The van der Waals surface area contributed by atoms with Crippen LogP contribution in [-0.2, 0) is 4.79 Å². The maximum absolute atomic E-state index is 12.5. The number of hydrogen-bond acceptors (Lipinski definition) is 2. The normalized spacial score (nSPS) is 19.9. The van der Waals surface area contributed by atoms with Crippen LogP contribution in [0.25, 0.3) is 0 Å². The van der Waals surface area contributed by atoms with Gasteiger partial charge in [0.2, 0.25) is 5.91 Å². The number of β-lactam (4-membered cyclic amide) rings is 1. The number of carbonyl (C=O) groups is 1. The van der Waals surface area contributed by atoms with Gasteiger partial charge in [0.25, 0.3) is 6.43 Å². The number of hydrogen-bond donors (Lipinski definition) is 0. The van der Waals surface area contributed by atoms with Gasteiger partial charge >= 0.3 is 0 Å². The van der Waals surface area contributed by atoms with Crippen LogP contribution in [0.1, 0.15) is 6.42 Å². The van der Waals surface area contributed by atoms with Crippen LogP contribution in [0, 0.1) is 0 Å². The molecule has 0 aliphatic carbocycles. The molecule has 1 aromatic rings. The molecule has 5 heteroatoms. The number of methoxy groups -OCH3 is 1. The molecule has 1 fully saturated rings. The van der Waals surface area contributed by atoms with Crippen molar-refractivity contribution in [1.29, 1.82) is 0 Å². The van der Waals surface area contributed by atoms with Crippen LogP contribution >= 0.6 is 0 Å². The zero-order valence-corrected chi connectivity index (χ0v) is 8.69. The molecule has 86 valence electrons. The molecule has 1 saturated heterocycles. The summed E-state index contributed by atoms with van der Waals surface area (Å²) in [5.74, 6) is 0.362. The molecular weight excluding hydrogens is 216 g/mol. The lowest BCUT2D eigenvalue weighted by molar-refractivity contribution is -0.127. The average molecular weight is 227 g/mol. The summed E-state index contributed by atoms with van der Waals surface area (Å²) in [6.07, 6.45) is -2.58. The molecule has 1 aliphatic heterocycles. The van der Waals surface area contributed by atoms with E-state index in [-0.39, 0.29) is 12.3 Å². The Hall–Kier alpha value is -1.65. The van der Waals surface area contributed by atoms with E-state index in [1.165, 1.54) is 7.11 Å². The van der Waals surface area contributed by atoms with Crippen molar-refractivity contribution in [2.45, 2.75) is 18.9 Å². The van der Waals surface area contributed by atoms with Gasteiger partial charge < -0.3 is 9.64 Å². The van der Waals surface area contributed by atoms with Gasteiger partial charge in [-0.3, -0.25) is 4.79 Å². The molecule has 3 nitrogen and oxygen atoms in total. The first-order valence-electron chi connectivity index (χ1n) is 4.87. The number of halogens is 2. The van der Waals surface area contributed by atoms with E-state index in [0.29, 0.717) is 11.4 Å². The molecule has 0 aromatic heterocycles. The standard InChI is InChI=1S/C11H11F2NO2/c1-16-8-4-2-7(3-5-8)14-9(11(12)13)6-10(14)15/h2-5,9,11H,6H2,1H3. The molecule has 1 aromatic carbocycles. The van der Waals surface area contributed by atoms with Gasteiger partial charge in [0.15, 0.2) is 0 Å². The fraction of sp³-hybridized carbons (Fsp3) is 0.364. The Morgan fingerprint density at radius 3 is 2.44 bits per heavy atom. The molecular formula is C11H11F2NO2. The lowest BCUT2D eigenvalue weighted by Gasteiger charge is -2.39. The van der Waals surface area contributed by atoms with E-state index in [2.05, 4.69) is 0 Å². The second-order valence-corrected chi connectivity index (χ2v) is 3.57. The van der Waals surface area contributed by atoms with Crippen LogP contribution in [0.5, 0.6) is 5.75 Å². The van der Waals surface area contributed by atoms with Crippen molar-refractivity contribution < 1.29 is 18.3 Å². The summed E-state index contributed by atoms with van der Waals surface area (Å²) in [4.78, 5) is 12.4. The number of carbonyl (C=O) groups excluding carboxylic acids is 1. The third-order valence-electron chi connectivity index (χ3n) is 2.63. The van der Waals surface area contributed by atoms with E-state index in [0.717, 1.165) is 4.90 Å². The Balaban J connectivity index is 2.19. The number of rotatable bonds is 3. The molecule has 1 amide bonds. The topological polar surface area (TPSA) is 29.5 Å². The van der Waals surface area contributed by atoms with Crippen molar-refractivity contribution in [2.75, 3.05) is 12.0 Å². The molecule has 1 heterocycles. The van der Waals surface area contributed by atoms with E-state index in [1.807, 2.05) is 0 Å². The first-order valence-corrected chi connectivity index (χ1v) is 4.87. The van der Waals surface area contributed by atoms with Crippen LogP contribution < -0.4 is 9.64 Å². The third-order valence-corrected chi connectivity index (χ3v) is 2.63. The molecule has 0 bridgehead atoms. The van der Waals surface area contributed by atoms with Gasteiger partial charge in [-0.1, -0.05) is 0 Å². The number of alkyl halides is 2. The number of amides is 1. The number of nitrogens with zero attached hydrogens (tertiary/aromatic N) is 1. The van der Waals surface area contributed by atoms with Crippen LogP contribution in [0.15, 0.2) is 24.3 Å². The summed E-state index contributed by atoms with van der Waals surface area (Å²) in [5.41, 5.74) is 0.488. The Bertz CT molecular complexity index is 391. The Labute approximate surface area is 91.6 Å². The third kappa shape index (κ3) is 1.73. The largest absolute Gasteiger partial charge is 0.497 e. The lowest BCUT2D eigenvalue weighted by Crippen LogP contribution is -2.56. The maximum atomic E-state index is 12.5. The van der Waals surface area contributed by atoms with Crippen LogP contribution in [0.4, 0.5) is 14.5 Å². The molecule has 0 spiro atoms. The molecule has 1 atom stereocenters. The van der Waals surface area contributed by atoms with E-state index >= 15 is 0 Å². The van der Waals surface area contributed by atoms with Crippen LogP contribution in [0.3, 0.4) is 0 Å². The first kappa shape index (κ1) is 10.9. The van der Waals surface area contributed by atoms with E-state index in [4.69, 9.17) is 4.74 Å². The van der Waals surface area contributed by atoms with Crippen molar-refractivity contribution in [3.8, 4) is 5.75 Å². The highest BCUT2D eigenvalue weighted by Crippen LogP contribution is 2.32. The van der Waals surface area contributed by atoms with Gasteiger partial charge in [0, 0.05) is 5.69 Å². The molecule has 2 rings (SSSR count). The first-order chi connectivity index (χ1) is 7.63. The molecule has 16 heavy (non-hydrogen) atoms.